The molecule has 2 nitrogen and oxygen atoms in total. The third-order valence-electron chi connectivity index (χ3n) is 11.0. The van der Waals surface area contributed by atoms with E-state index in [2.05, 4.69) is 150 Å². The van der Waals surface area contributed by atoms with Crippen LogP contribution in [0.1, 0.15) is 79.0 Å². The average molecular weight is 629 g/mol. The second-order valence-corrected chi connectivity index (χ2v) is 18.2. The molecule has 0 radical (unpaired) electrons. The van der Waals surface area contributed by atoms with Gasteiger partial charge in [-0.25, -0.2) is 0 Å². The second kappa shape index (κ2) is 8.38. The maximum Gasteiger partial charge on any atom is 0.109 e. The number of benzene rings is 5. The van der Waals surface area contributed by atoms with Crippen LogP contribution in [-0.4, -0.2) is 8.80 Å². The molecule has 3 heteroatoms. The van der Waals surface area contributed by atoms with Gasteiger partial charge in [0.05, 0.1) is 27.6 Å². The first-order valence-corrected chi connectivity index (χ1v) is 17.8. The Bertz CT molecular complexity index is 2940. The molecule has 0 aliphatic rings. The van der Waals surface area contributed by atoms with Gasteiger partial charge >= 0.3 is 0 Å². The quantitative estimate of drug-likeness (QED) is 0.158. The highest BCUT2D eigenvalue weighted by atomic mass is 32.1. The van der Waals surface area contributed by atoms with Gasteiger partial charge in [-0.05, 0) is 87.5 Å². The highest BCUT2D eigenvalue weighted by Crippen LogP contribution is 2.49. The minimum atomic E-state index is 0.0374. The zero-order valence-corrected chi connectivity index (χ0v) is 29.6. The van der Waals surface area contributed by atoms with Crippen molar-refractivity contribution >= 4 is 96.9 Å². The summed E-state index contributed by atoms with van der Waals surface area (Å²) in [4.78, 5) is 1.36. The van der Waals surface area contributed by atoms with Gasteiger partial charge < -0.3 is 4.40 Å². The standard InChI is InChI=1S/C44H40N2S/c1-42(2,3)23-14-15-34-27(16-23)30-17-24(43(4,5)6)18-31-28-22-36-29(21-35(28)45(34)39(30)31)32-19-25(44(7,8)9)20-33-38-26-12-10-11-13-37(26)47-41(38)46(36)40(32)33/h10-22H,1-9H3. The molecule has 0 saturated heterocycles. The molecule has 5 heterocycles. The van der Waals surface area contributed by atoms with Gasteiger partial charge in [-0.1, -0.05) is 86.6 Å². The number of rotatable bonds is 0. The zero-order chi connectivity index (χ0) is 32.5. The van der Waals surface area contributed by atoms with Crippen molar-refractivity contribution in [2.75, 3.05) is 0 Å². The minimum Gasteiger partial charge on any atom is -0.308 e. The molecule has 0 atom stereocenters. The van der Waals surface area contributed by atoms with E-state index in [-0.39, 0.29) is 16.2 Å². The van der Waals surface area contributed by atoms with Crippen LogP contribution in [0.15, 0.2) is 78.9 Å². The summed E-state index contributed by atoms with van der Waals surface area (Å²) in [5.41, 5.74) is 11.0. The molecule has 47 heavy (non-hydrogen) atoms. The summed E-state index contributed by atoms with van der Waals surface area (Å²) in [6.07, 6.45) is 0. The largest absolute Gasteiger partial charge is 0.308 e. The molecule has 0 unspecified atom stereocenters. The van der Waals surface area contributed by atoms with Crippen LogP contribution in [0.4, 0.5) is 0 Å². The summed E-state index contributed by atoms with van der Waals surface area (Å²) < 4.78 is 6.53. The lowest BCUT2D eigenvalue weighted by Crippen LogP contribution is -2.11. The molecule has 0 aliphatic carbocycles. The Kier molecular flexibility index (Phi) is 4.95. The van der Waals surface area contributed by atoms with Crippen molar-refractivity contribution in [1.29, 1.82) is 0 Å². The number of hydrogen-bond acceptors (Lipinski definition) is 1. The van der Waals surface area contributed by atoms with Crippen LogP contribution < -0.4 is 0 Å². The molecule has 232 valence electrons. The average Bonchev–Trinajstić information content (AvgIpc) is 3.77. The van der Waals surface area contributed by atoms with Crippen molar-refractivity contribution in [1.82, 2.24) is 8.80 Å². The molecule has 10 aromatic rings. The summed E-state index contributed by atoms with van der Waals surface area (Å²) in [6, 6.07) is 31.1. The van der Waals surface area contributed by atoms with E-state index in [4.69, 9.17) is 0 Å². The van der Waals surface area contributed by atoms with E-state index in [0.29, 0.717) is 0 Å². The second-order valence-electron chi connectivity index (χ2n) is 17.2. The molecule has 0 aliphatic heterocycles. The van der Waals surface area contributed by atoms with Gasteiger partial charge in [0, 0.05) is 53.2 Å². The van der Waals surface area contributed by atoms with Crippen molar-refractivity contribution in [3.63, 3.8) is 0 Å². The fourth-order valence-corrected chi connectivity index (χ4v) is 9.61. The molecule has 5 aromatic carbocycles. The van der Waals surface area contributed by atoms with Crippen LogP contribution in [0.3, 0.4) is 0 Å². The molecule has 10 rings (SSSR count). The summed E-state index contributed by atoms with van der Waals surface area (Å²) in [5, 5.41) is 12.3. The number of nitrogens with zero attached hydrogens (tertiary/aromatic N) is 2. The monoisotopic (exact) mass is 628 g/mol. The molecule has 0 amide bonds. The predicted octanol–water partition coefficient (Wildman–Crippen LogP) is 13.1. The molecule has 0 saturated carbocycles. The van der Waals surface area contributed by atoms with Gasteiger partial charge in [0.1, 0.15) is 4.83 Å². The van der Waals surface area contributed by atoms with Gasteiger partial charge in [-0.3, -0.25) is 4.40 Å². The first kappa shape index (κ1) is 27.7. The summed E-state index contributed by atoms with van der Waals surface area (Å²) in [7, 11) is 0. The van der Waals surface area contributed by atoms with Crippen molar-refractivity contribution in [2.24, 2.45) is 0 Å². The number of thiophene rings is 1. The van der Waals surface area contributed by atoms with Crippen LogP contribution in [0, 0.1) is 0 Å². The number of fused-ring (bicyclic) bond motifs is 14. The summed E-state index contributed by atoms with van der Waals surface area (Å²) in [6.45, 7) is 21.0. The van der Waals surface area contributed by atoms with Gasteiger partial charge in [0.2, 0.25) is 0 Å². The van der Waals surface area contributed by atoms with Crippen LogP contribution in [-0.2, 0) is 16.2 Å². The predicted molar refractivity (Wildman–Crippen MR) is 207 cm³/mol. The van der Waals surface area contributed by atoms with E-state index in [0.717, 1.165) is 0 Å². The molecular formula is C44H40N2S. The highest BCUT2D eigenvalue weighted by Gasteiger charge is 2.28. The third kappa shape index (κ3) is 3.46. The van der Waals surface area contributed by atoms with Crippen molar-refractivity contribution < 1.29 is 0 Å². The van der Waals surface area contributed by atoms with Crippen LogP contribution >= 0.6 is 11.3 Å². The van der Waals surface area contributed by atoms with Crippen molar-refractivity contribution in [3.05, 3.63) is 95.6 Å². The van der Waals surface area contributed by atoms with Gasteiger partial charge in [-0.15, -0.1) is 11.3 Å². The zero-order valence-electron chi connectivity index (χ0n) is 28.8. The topological polar surface area (TPSA) is 8.82 Å². The van der Waals surface area contributed by atoms with E-state index < -0.39 is 0 Å². The van der Waals surface area contributed by atoms with Gasteiger partial charge in [0.25, 0.3) is 0 Å². The Balaban J connectivity index is 1.45. The first-order chi connectivity index (χ1) is 22.2. The normalized spacial score (nSPS) is 14.1. The van der Waals surface area contributed by atoms with Crippen molar-refractivity contribution in [3.8, 4) is 0 Å². The Morgan fingerprint density at radius 3 is 1.51 bits per heavy atom. The Labute approximate surface area is 278 Å². The Hall–Kier alpha value is -4.34. The molecule has 5 aromatic heterocycles. The SMILES string of the molecule is CC(C)(C)c1ccc2c(c1)c1cc(C(C)(C)C)cc3c4cc5c(cc4n2c13)c1cc(C(C)(C)C)cc2c3c4ccccc4sc3n5c12. The Morgan fingerprint density at radius 1 is 0.426 bits per heavy atom. The van der Waals surface area contributed by atoms with E-state index in [1.807, 2.05) is 11.3 Å². The molecule has 0 bridgehead atoms. The third-order valence-corrected chi connectivity index (χ3v) is 12.2. The van der Waals surface area contributed by atoms with E-state index in [1.54, 1.807) is 0 Å². The molecule has 0 spiro atoms. The lowest BCUT2D eigenvalue weighted by atomic mass is 9.84. The molecule has 0 N–H and O–H groups in total. The summed E-state index contributed by atoms with van der Waals surface area (Å²) >= 11 is 1.93. The smallest absolute Gasteiger partial charge is 0.109 e. The van der Waals surface area contributed by atoms with Gasteiger partial charge in [0.15, 0.2) is 0 Å². The van der Waals surface area contributed by atoms with E-state index >= 15 is 0 Å². The lowest BCUT2D eigenvalue weighted by Gasteiger charge is -2.20. The minimum absolute atomic E-state index is 0.0374. The van der Waals surface area contributed by atoms with Crippen LogP contribution in [0.25, 0.3) is 85.6 Å². The highest BCUT2D eigenvalue weighted by molar-refractivity contribution is 7.25. The maximum absolute atomic E-state index is 2.60. The molecular weight excluding hydrogens is 589 g/mol. The lowest BCUT2D eigenvalue weighted by molar-refractivity contribution is 0.590. The maximum atomic E-state index is 2.60. The fourth-order valence-electron chi connectivity index (χ4n) is 8.37. The first-order valence-electron chi connectivity index (χ1n) is 17.0. The number of aromatic nitrogens is 2. The van der Waals surface area contributed by atoms with Gasteiger partial charge in [-0.2, -0.15) is 0 Å². The molecule has 0 fully saturated rings. The summed E-state index contributed by atoms with van der Waals surface area (Å²) in [5.74, 6) is 0. The van der Waals surface area contributed by atoms with Crippen molar-refractivity contribution in [2.45, 2.75) is 78.6 Å². The van der Waals surface area contributed by atoms with E-state index in [9.17, 15) is 0 Å². The number of hydrogen-bond donors (Lipinski definition) is 0. The van der Waals surface area contributed by atoms with Crippen LogP contribution in [0.2, 0.25) is 0 Å². The fraction of sp³-hybridized carbons (Fsp3) is 0.273. The van der Waals surface area contributed by atoms with E-state index in [1.165, 1.54) is 102 Å². The van der Waals surface area contributed by atoms with Crippen LogP contribution in [0.5, 0.6) is 0 Å². The Morgan fingerprint density at radius 2 is 0.915 bits per heavy atom.